The summed E-state index contributed by atoms with van der Waals surface area (Å²) in [6.45, 7) is 8.09. The van der Waals surface area contributed by atoms with Gasteiger partial charge in [0, 0.05) is 41.0 Å². The quantitative estimate of drug-likeness (QED) is 0.325. The van der Waals surface area contributed by atoms with E-state index in [2.05, 4.69) is 59.5 Å². The van der Waals surface area contributed by atoms with Crippen LogP contribution in [0, 0.1) is 23.6 Å². The lowest BCUT2D eigenvalue weighted by molar-refractivity contribution is 0.278. The van der Waals surface area contributed by atoms with Crippen molar-refractivity contribution in [1.29, 1.82) is 5.41 Å². The molecule has 0 aromatic heterocycles. The minimum absolute atomic E-state index is 0.170. The van der Waals surface area contributed by atoms with Gasteiger partial charge in [0.15, 0.2) is 0 Å². The van der Waals surface area contributed by atoms with Crippen LogP contribution in [0.5, 0.6) is 0 Å². The predicted molar refractivity (Wildman–Crippen MR) is 124 cm³/mol. The van der Waals surface area contributed by atoms with E-state index in [1.807, 2.05) is 0 Å². The fourth-order valence-corrected chi connectivity index (χ4v) is 5.14. The van der Waals surface area contributed by atoms with Crippen LogP contribution in [-0.4, -0.2) is 23.6 Å². The number of anilines is 1. The summed E-state index contributed by atoms with van der Waals surface area (Å²) in [4.78, 5) is 1.24. The predicted octanol–water partition coefficient (Wildman–Crippen LogP) is 6.37. The van der Waals surface area contributed by atoms with Gasteiger partial charge in [0.1, 0.15) is 5.82 Å². The van der Waals surface area contributed by atoms with Gasteiger partial charge >= 0.3 is 0 Å². The Bertz CT molecular complexity index is 1010. The molecule has 1 saturated heterocycles. The SMILES string of the molecule is C=CC12CC(C=N)=C(Nc3ccc(F)cc3)C=C1CCN(Sc1ccc(C)cc1)C2. The molecule has 0 saturated carbocycles. The van der Waals surface area contributed by atoms with Gasteiger partial charge in [0.25, 0.3) is 0 Å². The molecule has 154 valence electrons. The lowest BCUT2D eigenvalue weighted by Crippen LogP contribution is -2.42. The summed E-state index contributed by atoms with van der Waals surface area (Å²) in [6.07, 6.45) is 7.34. The molecule has 0 amide bonds. The zero-order chi connectivity index (χ0) is 21.1. The number of hydrogen-bond acceptors (Lipinski definition) is 4. The fraction of sp³-hybridized carbons (Fsp3) is 0.240. The summed E-state index contributed by atoms with van der Waals surface area (Å²) < 4.78 is 15.6. The third-order valence-corrected chi connectivity index (χ3v) is 6.90. The van der Waals surface area contributed by atoms with E-state index in [1.165, 1.54) is 34.4 Å². The van der Waals surface area contributed by atoms with Crippen molar-refractivity contribution in [3.63, 3.8) is 0 Å². The standard InChI is InChI=1S/C25H26FN3S/c1-3-25-15-19(16-27)24(28-22-8-6-21(26)7-9-22)14-20(25)12-13-29(17-25)30-23-10-4-18(2)5-11-23/h3-11,14,16,27-28H,1,12-13,15,17H2,2H3. The van der Waals surface area contributed by atoms with Crippen molar-refractivity contribution < 1.29 is 4.39 Å². The van der Waals surface area contributed by atoms with E-state index in [-0.39, 0.29) is 11.2 Å². The maximum Gasteiger partial charge on any atom is 0.123 e. The molecular formula is C25H26FN3S. The summed E-state index contributed by atoms with van der Waals surface area (Å²) in [5.74, 6) is -0.257. The lowest BCUT2D eigenvalue weighted by atomic mass is 9.69. The molecule has 1 heterocycles. The van der Waals surface area contributed by atoms with Crippen LogP contribution in [0.15, 0.2) is 89.0 Å². The highest BCUT2D eigenvalue weighted by molar-refractivity contribution is 7.97. The van der Waals surface area contributed by atoms with E-state index >= 15 is 0 Å². The van der Waals surface area contributed by atoms with E-state index in [9.17, 15) is 4.39 Å². The molecule has 1 aliphatic heterocycles. The van der Waals surface area contributed by atoms with Gasteiger partial charge in [-0.1, -0.05) is 29.3 Å². The number of allylic oxidation sites excluding steroid dienone is 2. The Kier molecular flexibility index (Phi) is 5.93. The monoisotopic (exact) mass is 419 g/mol. The van der Waals surface area contributed by atoms with Gasteiger partial charge in [0.05, 0.1) is 0 Å². The van der Waals surface area contributed by atoms with E-state index in [4.69, 9.17) is 5.41 Å². The van der Waals surface area contributed by atoms with E-state index in [0.29, 0.717) is 0 Å². The number of aryl methyl sites for hydroxylation is 1. The van der Waals surface area contributed by atoms with Crippen LogP contribution >= 0.6 is 11.9 Å². The van der Waals surface area contributed by atoms with E-state index in [0.717, 1.165) is 42.9 Å². The first-order valence-electron chi connectivity index (χ1n) is 10.1. The Morgan fingerprint density at radius 3 is 2.57 bits per heavy atom. The van der Waals surface area contributed by atoms with Gasteiger partial charge in [-0.2, -0.15) is 0 Å². The number of nitrogens with one attached hydrogen (secondary N) is 2. The molecule has 1 fully saturated rings. The summed E-state index contributed by atoms with van der Waals surface area (Å²) in [7, 11) is 0. The highest BCUT2D eigenvalue weighted by Crippen LogP contribution is 2.47. The van der Waals surface area contributed by atoms with E-state index in [1.54, 1.807) is 24.1 Å². The van der Waals surface area contributed by atoms with Crippen molar-refractivity contribution in [2.75, 3.05) is 18.4 Å². The highest BCUT2D eigenvalue weighted by atomic mass is 32.2. The van der Waals surface area contributed by atoms with Gasteiger partial charge in [-0.3, -0.25) is 0 Å². The summed E-state index contributed by atoms with van der Waals surface area (Å²) in [5, 5.41) is 11.4. The zero-order valence-electron chi connectivity index (χ0n) is 17.1. The van der Waals surface area contributed by atoms with Gasteiger partial charge in [-0.05, 0) is 79.8 Å². The van der Waals surface area contributed by atoms with Crippen LogP contribution in [0.25, 0.3) is 0 Å². The minimum atomic E-state index is -0.257. The molecule has 2 aromatic rings. The second-order valence-electron chi connectivity index (χ2n) is 7.94. The first-order valence-corrected chi connectivity index (χ1v) is 10.9. The maximum absolute atomic E-state index is 13.2. The van der Waals surface area contributed by atoms with Gasteiger partial charge in [-0.15, -0.1) is 6.58 Å². The molecule has 1 aliphatic carbocycles. The molecule has 30 heavy (non-hydrogen) atoms. The Labute approximate surface area is 182 Å². The van der Waals surface area contributed by atoms with Crippen molar-refractivity contribution in [1.82, 2.24) is 4.31 Å². The van der Waals surface area contributed by atoms with Crippen LogP contribution in [0.1, 0.15) is 18.4 Å². The Balaban J connectivity index is 1.55. The molecule has 2 aliphatic rings. The average molecular weight is 420 g/mol. The Hall–Kier alpha value is -2.63. The van der Waals surface area contributed by atoms with Crippen LogP contribution in [0.3, 0.4) is 0 Å². The fourth-order valence-electron chi connectivity index (χ4n) is 4.10. The van der Waals surface area contributed by atoms with Gasteiger partial charge < -0.3 is 10.7 Å². The number of piperidine rings is 1. The van der Waals surface area contributed by atoms with Gasteiger partial charge in [-0.25, -0.2) is 8.70 Å². The first kappa shape index (κ1) is 20.6. The molecule has 2 aromatic carbocycles. The molecule has 0 radical (unpaired) electrons. The zero-order valence-corrected chi connectivity index (χ0v) is 17.9. The molecular weight excluding hydrogens is 393 g/mol. The smallest absolute Gasteiger partial charge is 0.123 e. The van der Waals surface area contributed by atoms with Crippen molar-refractivity contribution >= 4 is 23.8 Å². The molecule has 1 unspecified atom stereocenters. The average Bonchev–Trinajstić information content (AvgIpc) is 2.76. The van der Waals surface area contributed by atoms with Crippen molar-refractivity contribution in [3.8, 4) is 0 Å². The first-order chi connectivity index (χ1) is 14.5. The number of nitrogens with zero attached hydrogens (tertiary/aromatic N) is 1. The van der Waals surface area contributed by atoms with Crippen LogP contribution in [0.4, 0.5) is 10.1 Å². The normalized spacial score (nSPS) is 21.6. The second kappa shape index (κ2) is 8.62. The molecule has 0 spiro atoms. The lowest BCUT2D eigenvalue weighted by Gasteiger charge is -2.45. The minimum Gasteiger partial charge on any atom is -0.355 e. The number of fused-ring (bicyclic) bond motifs is 1. The van der Waals surface area contributed by atoms with Crippen LogP contribution < -0.4 is 5.32 Å². The van der Waals surface area contributed by atoms with Crippen LogP contribution in [-0.2, 0) is 0 Å². The number of halogens is 1. The Morgan fingerprint density at radius 1 is 1.17 bits per heavy atom. The molecule has 3 nitrogen and oxygen atoms in total. The Morgan fingerprint density at radius 2 is 1.90 bits per heavy atom. The van der Waals surface area contributed by atoms with Crippen molar-refractivity contribution in [2.24, 2.45) is 5.41 Å². The number of rotatable bonds is 6. The summed E-state index contributed by atoms with van der Waals surface area (Å²) in [6, 6.07) is 14.9. The molecule has 2 N–H and O–H groups in total. The third kappa shape index (κ3) is 4.27. The van der Waals surface area contributed by atoms with Crippen LogP contribution in [0.2, 0.25) is 0 Å². The topological polar surface area (TPSA) is 39.1 Å². The van der Waals surface area contributed by atoms with Gasteiger partial charge in [0.2, 0.25) is 0 Å². The molecule has 5 heteroatoms. The van der Waals surface area contributed by atoms with Crippen molar-refractivity contribution in [2.45, 2.75) is 24.7 Å². The molecule has 1 atom stereocenters. The summed E-state index contributed by atoms with van der Waals surface area (Å²) in [5.41, 5.74) is 5.11. The number of benzene rings is 2. The highest BCUT2D eigenvalue weighted by Gasteiger charge is 2.40. The van der Waals surface area contributed by atoms with Crippen molar-refractivity contribution in [3.05, 3.63) is 95.5 Å². The third-order valence-electron chi connectivity index (χ3n) is 5.84. The largest absolute Gasteiger partial charge is 0.355 e. The molecule has 4 rings (SSSR count). The maximum atomic E-state index is 13.2. The number of hydrogen-bond donors (Lipinski definition) is 2. The summed E-state index contributed by atoms with van der Waals surface area (Å²) >= 11 is 1.79. The second-order valence-corrected chi connectivity index (χ2v) is 9.11. The van der Waals surface area contributed by atoms with E-state index < -0.39 is 0 Å². The molecule has 0 bridgehead atoms.